The predicted molar refractivity (Wildman–Crippen MR) is 104 cm³/mol. The Morgan fingerprint density at radius 1 is 1.12 bits per heavy atom. The van der Waals surface area contributed by atoms with Crippen molar-refractivity contribution in [2.45, 2.75) is 27.4 Å². The molecule has 0 spiro atoms. The highest BCUT2D eigenvalue weighted by atomic mass is 32.1. The minimum atomic E-state index is -0.336. The zero-order valence-corrected chi connectivity index (χ0v) is 15.7. The molecule has 0 saturated heterocycles. The summed E-state index contributed by atoms with van der Waals surface area (Å²) < 4.78 is 19.5. The van der Waals surface area contributed by atoms with Crippen molar-refractivity contribution in [1.29, 1.82) is 0 Å². The number of anilines is 1. The van der Waals surface area contributed by atoms with Crippen LogP contribution >= 0.6 is 11.3 Å². The Kier molecular flexibility index (Phi) is 5.38. The molecule has 0 radical (unpaired) electrons. The van der Waals surface area contributed by atoms with Gasteiger partial charge in [0.25, 0.3) is 5.91 Å². The van der Waals surface area contributed by atoms with Crippen LogP contribution in [0.3, 0.4) is 0 Å². The highest BCUT2D eigenvalue weighted by molar-refractivity contribution is 7.12. The lowest BCUT2D eigenvalue weighted by Crippen LogP contribution is -2.10. The lowest BCUT2D eigenvalue weighted by molar-refractivity contribution is 0.103. The smallest absolute Gasteiger partial charge is 0.265 e. The number of carbonyl (C=O) groups excluding carboxylic acids is 1. The van der Waals surface area contributed by atoms with Gasteiger partial charge in [-0.2, -0.15) is 0 Å². The van der Waals surface area contributed by atoms with Crippen LogP contribution < -0.4 is 10.1 Å². The van der Waals surface area contributed by atoms with Gasteiger partial charge in [-0.25, -0.2) is 4.39 Å². The monoisotopic (exact) mass is 369 g/mol. The van der Waals surface area contributed by atoms with Crippen molar-refractivity contribution in [2.24, 2.45) is 0 Å². The van der Waals surface area contributed by atoms with E-state index < -0.39 is 0 Å². The third kappa shape index (κ3) is 4.11. The van der Waals surface area contributed by atoms with Crippen LogP contribution in [0.5, 0.6) is 5.75 Å². The molecule has 5 heteroatoms. The summed E-state index contributed by atoms with van der Waals surface area (Å²) in [6.45, 7) is 6.15. The van der Waals surface area contributed by atoms with Crippen molar-refractivity contribution >= 4 is 22.9 Å². The topological polar surface area (TPSA) is 38.3 Å². The highest BCUT2D eigenvalue weighted by Gasteiger charge is 2.11. The van der Waals surface area contributed by atoms with E-state index in [1.807, 2.05) is 37.4 Å². The standard InChI is InChI=1S/C21H20FNO2S/c1-13-5-4-6-19(15(13)3)25-11-16-9-20(26-12-16)21(24)23-17-8-7-14(2)18(22)10-17/h4-10,12H,11H2,1-3H3,(H,23,24). The number of rotatable bonds is 5. The molecule has 1 heterocycles. The average Bonchev–Trinajstić information content (AvgIpc) is 3.09. The van der Waals surface area contributed by atoms with Crippen molar-refractivity contribution < 1.29 is 13.9 Å². The number of amides is 1. The van der Waals surface area contributed by atoms with Crippen molar-refractivity contribution in [3.05, 3.63) is 80.8 Å². The first-order valence-corrected chi connectivity index (χ1v) is 9.16. The molecule has 0 atom stereocenters. The molecule has 0 aliphatic rings. The van der Waals surface area contributed by atoms with Crippen LogP contribution in [0.4, 0.5) is 10.1 Å². The molecular weight excluding hydrogens is 349 g/mol. The zero-order chi connectivity index (χ0) is 18.7. The van der Waals surface area contributed by atoms with Crippen molar-refractivity contribution in [2.75, 3.05) is 5.32 Å². The average molecular weight is 369 g/mol. The first-order valence-electron chi connectivity index (χ1n) is 8.28. The maximum Gasteiger partial charge on any atom is 0.265 e. The van der Waals surface area contributed by atoms with Gasteiger partial charge in [0.1, 0.15) is 18.2 Å². The number of aryl methyl sites for hydroxylation is 2. The summed E-state index contributed by atoms with van der Waals surface area (Å²) in [6, 6.07) is 12.4. The van der Waals surface area contributed by atoms with Crippen molar-refractivity contribution in [1.82, 2.24) is 0 Å². The van der Waals surface area contributed by atoms with E-state index in [9.17, 15) is 9.18 Å². The van der Waals surface area contributed by atoms with Crippen LogP contribution in [-0.4, -0.2) is 5.91 Å². The number of benzene rings is 2. The second-order valence-electron chi connectivity index (χ2n) is 6.22. The molecule has 0 fully saturated rings. The molecule has 0 aliphatic heterocycles. The van der Waals surface area contributed by atoms with E-state index in [0.29, 0.717) is 22.7 Å². The maximum atomic E-state index is 13.6. The van der Waals surface area contributed by atoms with E-state index in [1.54, 1.807) is 25.1 Å². The van der Waals surface area contributed by atoms with E-state index in [-0.39, 0.29) is 11.7 Å². The SMILES string of the molecule is Cc1ccc(NC(=O)c2cc(COc3cccc(C)c3C)cs2)cc1F. The molecule has 0 bridgehead atoms. The van der Waals surface area contributed by atoms with E-state index in [1.165, 1.54) is 23.0 Å². The van der Waals surface area contributed by atoms with Gasteiger partial charge < -0.3 is 10.1 Å². The molecular formula is C21H20FNO2S. The number of thiophene rings is 1. The molecule has 0 aliphatic carbocycles. The largest absolute Gasteiger partial charge is 0.489 e. The van der Waals surface area contributed by atoms with Crippen molar-refractivity contribution in [3.8, 4) is 5.75 Å². The normalized spacial score (nSPS) is 10.6. The molecule has 1 N–H and O–H groups in total. The Balaban J connectivity index is 1.64. The third-order valence-electron chi connectivity index (χ3n) is 4.26. The lowest BCUT2D eigenvalue weighted by atomic mass is 10.1. The lowest BCUT2D eigenvalue weighted by Gasteiger charge is -2.09. The molecule has 134 valence electrons. The fraction of sp³-hybridized carbons (Fsp3) is 0.190. The minimum Gasteiger partial charge on any atom is -0.489 e. The number of nitrogens with one attached hydrogen (secondary N) is 1. The molecule has 2 aromatic carbocycles. The molecule has 0 unspecified atom stereocenters. The summed E-state index contributed by atoms with van der Waals surface area (Å²) in [4.78, 5) is 12.9. The zero-order valence-electron chi connectivity index (χ0n) is 14.9. The number of halogens is 1. The van der Waals surface area contributed by atoms with Crippen LogP contribution in [-0.2, 0) is 6.61 Å². The van der Waals surface area contributed by atoms with Gasteiger partial charge in [-0.15, -0.1) is 11.3 Å². The van der Waals surface area contributed by atoms with Gasteiger partial charge >= 0.3 is 0 Å². The number of hydrogen-bond donors (Lipinski definition) is 1. The first kappa shape index (κ1) is 18.1. The second-order valence-corrected chi connectivity index (χ2v) is 7.14. The Hall–Kier alpha value is -2.66. The predicted octanol–water partition coefficient (Wildman–Crippen LogP) is 5.64. The van der Waals surface area contributed by atoms with Crippen molar-refractivity contribution in [3.63, 3.8) is 0 Å². The number of carbonyl (C=O) groups is 1. The van der Waals surface area contributed by atoms with E-state index >= 15 is 0 Å². The Labute approximate surface area is 156 Å². The van der Waals surface area contributed by atoms with Gasteiger partial charge in [-0.3, -0.25) is 4.79 Å². The summed E-state index contributed by atoms with van der Waals surface area (Å²) in [7, 11) is 0. The Morgan fingerprint density at radius 3 is 2.69 bits per heavy atom. The third-order valence-corrected chi connectivity index (χ3v) is 5.23. The van der Waals surface area contributed by atoms with Crippen LogP contribution in [0.1, 0.15) is 31.9 Å². The molecule has 1 amide bonds. The van der Waals surface area contributed by atoms with E-state index in [0.717, 1.165) is 16.9 Å². The molecule has 3 aromatic rings. The van der Waals surface area contributed by atoms with E-state index in [2.05, 4.69) is 5.32 Å². The van der Waals surface area contributed by atoms with Gasteiger partial charge in [0, 0.05) is 11.3 Å². The summed E-state index contributed by atoms with van der Waals surface area (Å²) in [5, 5.41) is 4.62. The fourth-order valence-electron chi connectivity index (χ4n) is 2.48. The van der Waals surface area contributed by atoms with Gasteiger partial charge in [0.05, 0.1) is 4.88 Å². The van der Waals surface area contributed by atoms with Crippen LogP contribution in [0.15, 0.2) is 47.8 Å². The summed E-state index contributed by atoms with van der Waals surface area (Å²) >= 11 is 1.34. The first-order chi connectivity index (χ1) is 12.4. The molecule has 0 saturated carbocycles. The number of ether oxygens (including phenoxy) is 1. The summed E-state index contributed by atoms with van der Waals surface area (Å²) in [6.07, 6.45) is 0. The second kappa shape index (κ2) is 7.70. The van der Waals surface area contributed by atoms with Gasteiger partial charge in [-0.05, 0) is 67.1 Å². The minimum absolute atomic E-state index is 0.253. The van der Waals surface area contributed by atoms with E-state index in [4.69, 9.17) is 4.74 Å². The molecule has 3 nitrogen and oxygen atoms in total. The van der Waals surface area contributed by atoms with Crippen LogP contribution in [0.2, 0.25) is 0 Å². The quantitative estimate of drug-likeness (QED) is 0.632. The molecule has 1 aromatic heterocycles. The fourth-order valence-corrected chi connectivity index (χ4v) is 3.27. The molecule has 3 rings (SSSR count). The molecule has 26 heavy (non-hydrogen) atoms. The summed E-state index contributed by atoms with van der Waals surface area (Å²) in [5.74, 6) is 0.255. The summed E-state index contributed by atoms with van der Waals surface area (Å²) in [5.41, 5.74) is 4.21. The van der Waals surface area contributed by atoms with Crippen LogP contribution in [0.25, 0.3) is 0 Å². The maximum absolute atomic E-state index is 13.6. The van der Waals surface area contributed by atoms with Crippen LogP contribution in [0, 0.1) is 26.6 Å². The van der Waals surface area contributed by atoms with Gasteiger partial charge in [0.2, 0.25) is 0 Å². The highest BCUT2D eigenvalue weighted by Crippen LogP contribution is 2.23. The Morgan fingerprint density at radius 2 is 1.92 bits per heavy atom. The van der Waals surface area contributed by atoms with Gasteiger partial charge in [-0.1, -0.05) is 18.2 Å². The Bertz CT molecular complexity index is 949. The number of hydrogen-bond acceptors (Lipinski definition) is 3. The van der Waals surface area contributed by atoms with Gasteiger partial charge in [0.15, 0.2) is 0 Å².